The Morgan fingerprint density at radius 2 is 2.05 bits per heavy atom. The highest BCUT2D eigenvalue weighted by Gasteiger charge is 2.14. The number of ether oxygens (including phenoxy) is 1. The molecule has 2 nitrogen and oxygen atoms in total. The lowest BCUT2D eigenvalue weighted by Crippen LogP contribution is -2.15. The number of hydrogen-bond donors (Lipinski definition) is 1. The van der Waals surface area contributed by atoms with Gasteiger partial charge >= 0.3 is 0 Å². The predicted octanol–water partition coefficient (Wildman–Crippen LogP) is 4.48. The summed E-state index contributed by atoms with van der Waals surface area (Å²) < 4.78 is 5.90. The van der Waals surface area contributed by atoms with Gasteiger partial charge < -0.3 is 9.84 Å². The second kappa shape index (κ2) is 7.54. The van der Waals surface area contributed by atoms with Crippen LogP contribution in [0.1, 0.15) is 63.5 Å². The molecule has 1 N–H and O–H groups in total. The molecule has 1 fully saturated rings. The zero-order chi connectivity index (χ0) is 13.5. The van der Waals surface area contributed by atoms with E-state index < -0.39 is 0 Å². The van der Waals surface area contributed by atoms with Gasteiger partial charge in [-0.25, -0.2) is 0 Å². The zero-order valence-corrected chi connectivity index (χ0v) is 12.0. The number of aliphatic hydroxyl groups excluding tert-OH is 1. The number of hydrogen-bond acceptors (Lipinski definition) is 2. The van der Waals surface area contributed by atoms with E-state index in [4.69, 9.17) is 4.74 Å². The summed E-state index contributed by atoms with van der Waals surface area (Å²) in [6, 6.07) is 7.94. The van der Waals surface area contributed by atoms with E-state index in [0.29, 0.717) is 0 Å². The average Bonchev–Trinajstić information content (AvgIpc) is 2.47. The molecule has 1 atom stereocenters. The van der Waals surface area contributed by atoms with Crippen LogP contribution in [0.2, 0.25) is 0 Å². The van der Waals surface area contributed by atoms with Crippen molar-refractivity contribution in [1.29, 1.82) is 0 Å². The molecular weight excluding hydrogens is 236 g/mol. The minimum atomic E-state index is -0.358. The van der Waals surface area contributed by atoms with Gasteiger partial charge in [-0.15, -0.1) is 0 Å². The summed E-state index contributed by atoms with van der Waals surface area (Å²) in [6.45, 7) is 2.92. The van der Waals surface area contributed by atoms with E-state index in [0.717, 1.165) is 36.7 Å². The Balaban J connectivity index is 1.87. The first-order chi connectivity index (χ1) is 9.29. The van der Waals surface area contributed by atoms with Crippen molar-refractivity contribution < 1.29 is 9.84 Å². The lowest BCUT2D eigenvalue weighted by molar-refractivity contribution is 0.165. The predicted molar refractivity (Wildman–Crippen MR) is 78.4 cm³/mol. The van der Waals surface area contributed by atoms with Crippen LogP contribution in [0.4, 0.5) is 0 Å². The molecule has 1 aliphatic rings. The fraction of sp³-hybridized carbons (Fsp3) is 0.647. The normalized spacial score (nSPS) is 18.2. The van der Waals surface area contributed by atoms with E-state index in [1.807, 2.05) is 24.3 Å². The van der Waals surface area contributed by atoms with Crippen molar-refractivity contribution in [1.82, 2.24) is 0 Å². The highest BCUT2D eigenvalue weighted by atomic mass is 16.5. The molecule has 0 spiro atoms. The van der Waals surface area contributed by atoms with Gasteiger partial charge in [0.05, 0.1) is 12.7 Å². The molecule has 106 valence electrons. The fourth-order valence-corrected chi connectivity index (χ4v) is 2.82. The number of benzene rings is 1. The minimum absolute atomic E-state index is 0.358. The van der Waals surface area contributed by atoms with Crippen molar-refractivity contribution in [2.75, 3.05) is 6.61 Å². The van der Waals surface area contributed by atoms with E-state index in [2.05, 4.69) is 6.92 Å². The number of aliphatic hydroxyl groups is 1. The third-order valence-corrected chi connectivity index (χ3v) is 4.02. The Hall–Kier alpha value is -1.02. The van der Waals surface area contributed by atoms with Crippen LogP contribution in [-0.2, 0) is 0 Å². The van der Waals surface area contributed by atoms with Crippen LogP contribution >= 0.6 is 0 Å². The first-order valence-electron chi connectivity index (χ1n) is 7.70. The summed E-state index contributed by atoms with van der Waals surface area (Å²) >= 11 is 0. The van der Waals surface area contributed by atoms with Gasteiger partial charge in [-0.2, -0.15) is 0 Å². The summed E-state index contributed by atoms with van der Waals surface area (Å²) in [4.78, 5) is 0. The molecule has 19 heavy (non-hydrogen) atoms. The van der Waals surface area contributed by atoms with E-state index >= 15 is 0 Å². The first kappa shape index (κ1) is 14.4. The molecule has 0 heterocycles. The maximum absolute atomic E-state index is 10.0. The topological polar surface area (TPSA) is 29.5 Å². The highest BCUT2D eigenvalue weighted by Crippen LogP contribution is 2.26. The Morgan fingerprint density at radius 1 is 1.26 bits per heavy atom. The van der Waals surface area contributed by atoms with Crippen LogP contribution < -0.4 is 4.74 Å². The standard InChI is InChI=1S/C17H26O2/c1-2-7-17(18)15-10-6-11-16(12-15)19-13-14-8-4-3-5-9-14/h6,10-12,14,17-18H,2-5,7-9,13H2,1H3/t17-/m1/s1. The van der Waals surface area contributed by atoms with Crippen LogP contribution in [0.5, 0.6) is 5.75 Å². The monoisotopic (exact) mass is 262 g/mol. The molecule has 0 aromatic heterocycles. The SMILES string of the molecule is CCC[C@@H](O)c1cccc(OCC2CCCCC2)c1. The molecular formula is C17H26O2. The summed E-state index contributed by atoms with van der Waals surface area (Å²) in [5, 5.41) is 10.0. The molecule has 1 saturated carbocycles. The Kier molecular flexibility index (Phi) is 5.71. The minimum Gasteiger partial charge on any atom is -0.493 e. The molecule has 0 bridgehead atoms. The molecule has 0 radical (unpaired) electrons. The quantitative estimate of drug-likeness (QED) is 0.819. The molecule has 2 heteroatoms. The largest absolute Gasteiger partial charge is 0.493 e. The second-order valence-electron chi connectivity index (χ2n) is 5.69. The summed E-state index contributed by atoms with van der Waals surface area (Å²) in [7, 11) is 0. The van der Waals surface area contributed by atoms with Crippen molar-refractivity contribution in [2.24, 2.45) is 5.92 Å². The van der Waals surface area contributed by atoms with Gasteiger partial charge in [-0.3, -0.25) is 0 Å². The molecule has 0 unspecified atom stereocenters. The molecule has 2 rings (SSSR count). The summed E-state index contributed by atoms with van der Waals surface area (Å²) in [6.07, 6.45) is 8.14. The van der Waals surface area contributed by atoms with E-state index in [9.17, 15) is 5.11 Å². The second-order valence-corrected chi connectivity index (χ2v) is 5.69. The molecule has 1 aromatic rings. The van der Waals surface area contributed by atoms with Gasteiger partial charge in [-0.05, 0) is 42.9 Å². The third-order valence-electron chi connectivity index (χ3n) is 4.02. The van der Waals surface area contributed by atoms with E-state index in [1.54, 1.807) is 0 Å². The van der Waals surface area contributed by atoms with Gasteiger partial charge in [0.15, 0.2) is 0 Å². The average molecular weight is 262 g/mol. The van der Waals surface area contributed by atoms with E-state index in [-0.39, 0.29) is 6.10 Å². The first-order valence-corrected chi connectivity index (χ1v) is 7.70. The Labute approximate surface area is 116 Å². The van der Waals surface area contributed by atoms with Crippen molar-refractivity contribution >= 4 is 0 Å². The lowest BCUT2D eigenvalue weighted by Gasteiger charge is -2.22. The van der Waals surface area contributed by atoms with Gasteiger partial charge in [0.1, 0.15) is 5.75 Å². The lowest BCUT2D eigenvalue weighted by atomic mass is 9.90. The highest BCUT2D eigenvalue weighted by molar-refractivity contribution is 5.29. The molecule has 0 saturated heterocycles. The van der Waals surface area contributed by atoms with Crippen molar-refractivity contribution in [3.63, 3.8) is 0 Å². The summed E-state index contributed by atoms with van der Waals surface area (Å²) in [5.41, 5.74) is 0.975. The smallest absolute Gasteiger partial charge is 0.119 e. The van der Waals surface area contributed by atoms with Crippen LogP contribution in [0.15, 0.2) is 24.3 Å². The molecule has 1 aliphatic carbocycles. The maximum atomic E-state index is 10.0. The zero-order valence-electron chi connectivity index (χ0n) is 12.0. The Morgan fingerprint density at radius 3 is 2.79 bits per heavy atom. The maximum Gasteiger partial charge on any atom is 0.119 e. The molecule has 0 amide bonds. The van der Waals surface area contributed by atoms with Gasteiger partial charge in [0.2, 0.25) is 0 Å². The van der Waals surface area contributed by atoms with Crippen LogP contribution in [-0.4, -0.2) is 11.7 Å². The van der Waals surface area contributed by atoms with Gasteiger partial charge in [-0.1, -0.05) is 44.7 Å². The number of rotatable bonds is 6. The third kappa shape index (κ3) is 4.54. The fourth-order valence-electron chi connectivity index (χ4n) is 2.82. The van der Waals surface area contributed by atoms with Crippen molar-refractivity contribution in [2.45, 2.75) is 58.0 Å². The van der Waals surface area contributed by atoms with Crippen molar-refractivity contribution in [3.05, 3.63) is 29.8 Å². The van der Waals surface area contributed by atoms with Crippen LogP contribution in [0.25, 0.3) is 0 Å². The molecule has 1 aromatic carbocycles. The van der Waals surface area contributed by atoms with Crippen LogP contribution in [0.3, 0.4) is 0 Å². The Bertz CT molecular complexity index is 369. The van der Waals surface area contributed by atoms with E-state index in [1.165, 1.54) is 32.1 Å². The molecule has 0 aliphatic heterocycles. The van der Waals surface area contributed by atoms with Gasteiger partial charge in [0, 0.05) is 0 Å². The summed E-state index contributed by atoms with van der Waals surface area (Å²) in [5.74, 6) is 1.62. The van der Waals surface area contributed by atoms with Crippen LogP contribution in [0, 0.1) is 5.92 Å². The van der Waals surface area contributed by atoms with Gasteiger partial charge in [0.25, 0.3) is 0 Å². The van der Waals surface area contributed by atoms with Crippen molar-refractivity contribution in [3.8, 4) is 5.75 Å².